The van der Waals surface area contributed by atoms with Crippen LogP contribution in [0.15, 0.2) is 24.3 Å². The molecular weight excluding hydrogens is 480 g/mol. The van der Waals surface area contributed by atoms with Crippen molar-refractivity contribution in [3.63, 3.8) is 0 Å². The number of aryl methyl sites for hydroxylation is 2. The lowest BCUT2D eigenvalue weighted by atomic mass is 9.87. The summed E-state index contributed by atoms with van der Waals surface area (Å²) in [6.45, 7) is 4.46. The number of nitrogens with zero attached hydrogens (tertiary/aromatic N) is 5. The van der Waals surface area contributed by atoms with Gasteiger partial charge in [0.1, 0.15) is 16.6 Å². The molecule has 3 aromatic rings. The Hall–Kier alpha value is -2.69. The van der Waals surface area contributed by atoms with Crippen molar-refractivity contribution in [2.45, 2.75) is 57.3 Å². The predicted molar refractivity (Wildman–Crippen MR) is 125 cm³/mol. The van der Waals surface area contributed by atoms with Crippen molar-refractivity contribution in [3.8, 4) is 0 Å². The van der Waals surface area contributed by atoms with E-state index in [1.807, 2.05) is 6.92 Å². The van der Waals surface area contributed by atoms with E-state index in [0.717, 1.165) is 49.8 Å². The summed E-state index contributed by atoms with van der Waals surface area (Å²) in [5, 5.41) is 9.34. The zero-order valence-corrected chi connectivity index (χ0v) is 20.0. The lowest BCUT2D eigenvalue weighted by molar-refractivity contribution is -0.138. The number of hydrogen-bond donors (Lipinski definition) is 1. The number of anilines is 2. The Morgan fingerprint density at radius 1 is 1.09 bits per heavy atom. The Labute approximate surface area is 204 Å². The predicted octanol–water partition coefficient (Wildman–Crippen LogP) is 5.45. The fourth-order valence-corrected chi connectivity index (χ4v) is 6.85. The molecule has 2 bridgehead atoms. The molecule has 1 saturated carbocycles. The average molecular weight is 507 g/mol. The number of benzene rings is 1. The van der Waals surface area contributed by atoms with Gasteiger partial charge in [0.25, 0.3) is 0 Å². The van der Waals surface area contributed by atoms with Gasteiger partial charge in [0.15, 0.2) is 0 Å². The van der Waals surface area contributed by atoms with Crippen LogP contribution in [0.25, 0.3) is 0 Å². The van der Waals surface area contributed by atoms with E-state index < -0.39 is 23.5 Å². The van der Waals surface area contributed by atoms with E-state index in [1.165, 1.54) is 16.5 Å². The normalized spacial score (nSPS) is 26.1. The Morgan fingerprint density at radius 2 is 1.86 bits per heavy atom. The number of rotatable bonds is 4. The minimum Gasteiger partial charge on any atom is -0.361 e. The third kappa shape index (κ3) is 4.17. The third-order valence-corrected chi connectivity index (χ3v) is 8.57. The van der Waals surface area contributed by atoms with Crippen LogP contribution < -0.4 is 10.2 Å². The van der Waals surface area contributed by atoms with Gasteiger partial charge in [0.05, 0.1) is 11.3 Å². The van der Waals surface area contributed by atoms with E-state index in [2.05, 4.69) is 30.7 Å². The van der Waals surface area contributed by atoms with Gasteiger partial charge in [-0.05, 0) is 85.8 Å². The molecule has 4 atom stereocenters. The second-order valence-electron chi connectivity index (χ2n) is 9.92. The molecule has 1 aliphatic carbocycles. The molecule has 2 aromatic heterocycles. The molecule has 2 aliphatic heterocycles. The van der Waals surface area contributed by atoms with Gasteiger partial charge >= 0.3 is 6.18 Å². The van der Waals surface area contributed by atoms with Crippen LogP contribution in [0.5, 0.6) is 0 Å². The molecule has 3 aliphatic rings. The van der Waals surface area contributed by atoms with Gasteiger partial charge in [-0.25, -0.2) is 9.07 Å². The molecule has 0 spiro atoms. The van der Waals surface area contributed by atoms with Gasteiger partial charge in [-0.15, -0.1) is 5.10 Å². The van der Waals surface area contributed by atoms with Crippen molar-refractivity contribution in [2.75, 3.05) is 23.3 Å². The Morgan fingerprint density at radius 3 is 2.54 bits per heavy atom. The zero-order valence-electron chi connectivity index (χ0n) is 19.2. The van der Waals surface area contributed by atoms with Gasteiger partial charge in [0, 0.05) is 31.6 Å². The van der Waals surface area contributed by atoms with Gasteiger partial charge in [-0.3, -0.25) is 0 Å². The maximum Gasteiger partial charge on any atom is 0.416 e. The van der Waals surface area contributed by atoms with Gasteiger partial charge in [-0.2, -0.15) is 22.5 Å². The summed E-state index contributed by atoms with van der Waals surface area (Å²) in [5.41, 5.74) is 0.163. The first-order valence-electron chi connectivity index (χ1n) is 12.0. The number of halogens is 4. The third-order valence-electron chi connectivity index (χ3n) is 7.63. The highest BCUT2D eigenvalue weighted by Crippen LogP contribution is 2.43. The number of alkyl halides is 3. The molecular formula is C24H26F4N6S. The monoisotopic (exact) mass is 506 g/mol. The summed E-state index contributed by atoms with van der Waals surface area (Å²) >= 11 is 1.53. The Kier molecular flexibility index (Phi) is 5.50. The molecule has 1 saturated heterocycles. The minimum atomic E-state index is -4.56. The lowest BCUT2D eigenvalue weighted by Gasteiger charge is -2.38. The number of aromatic nitrogens is 4. The van der Waals surface area contributed by atoms with Crippen LogP contribution in [0, 0.1) is 24.6 Å². The Bertz CT molecular complexity index is 1220. The highest BCUT2D eigenvalue weighted by Gasteiger charge is 2.43. The van der Waals surface area contributed by atoms with Crippen molar-refractivity contribution in [1.29, 1.82) is 0 Å². The van der Waals surface area contributed by atoms with E-state index in [9.17, 15) is 17.6 Å². The minimum absolute atomic E-state index is 0.0642. The Balaban J connectivity index is 1.25. The van der Waals surface area contributed by atoms with Crippen molar-refractivity contribution >= 4 is 22.5 Å². The highest BCUT2D eigenvalue weighted by molar-refractivity contribution is 7.10. The van der Waals surface area contributed by atoms with E-state index in [0.29, 0.717) is 43.0 Å². The van der Waals surface area contributed by atoms with Crippen molar-refractivity contribution in [1.82, 2.24) is 19.1 Å². The molecule has 6 nitrogen and oxygen atoms in total. The average Bonchev–Trinajstić information content (AvgIpc) is 3.48. The molecule has 11 heteroatoms. The molecule has 0 amide bonds. The zero-order chi connectivity index (χ0) is 24.3. The van der Waals surface area contributed by atoms with Crippen LogP contribution in [0.4, 0.5) is 28.5 Å². The fourth-order valence-electron chi connectivity index (χ4n) is 6.07. The molecule has 6 rings (SSSR count). The molecule has 4 heterocycles. The van der Waals surface area contributed by atoms with Gasteiger partial charge in [-0.1, -0.05) is 0 Å². The summed E-state index contributed by atoms with van der Waals surface area (Å²) in [7, 11) is 0. The van der Waals surface area contributed by atoms with Crippen LogP contribution in [-0.4, -0.2) is 38.3 Å². The van der Waals surface area contributed by atoms with Crippen molar-refractivity contribution < 1.29 is 17.6 Å². The van der Waals surface area contributed by atoms with Crippen LogP contribution in [0.2, 0.25) is 0 Å². The second-order valence-corrected chi connectivity index (χ2v) is 10.7. The van der Waals surface area contributed by atoms with Crippen LogP contribution in [0.3, 0.4) is 0 Å². The second kappa shape index (κ2) is 8.46. The number of piperidine rings is 1. The first kappa shape index (κ1) is 22.8. The van der Waals surface area contributed by atoms with Gasteiger partial charge < -0.3 is 10.2 Å². The highest BCUT2D eigenvalue weighted by atomic mass is 32.1. The summed E-state index contributed by atoms with van der Waals surface area (Å²) in [4.78, 5) is 7.07. The van der Waals surface area contributed by atoms with E-state index >= 15 is 0 Å². The maximum absolute atomic E-state index is 14.0. The summed E-state index contributed by atoms with van der Waals surface area (Å²) in [6.07, 6.45) is -1.19. The van der Waals surface area contributed by atoms with Crippen LogP contribution in [-0.2, 0) is 12.7 Å². The summed E-state index contributed by atoms with van der Waals surface area (Å²) in [6, 6.07) is 5.05. The van der Waals surface area contributed by atoms with E-state index in [-0.39, 0.29) is 11.6 Å². The smallest absolute Gasteiger partial charge is 0.361 e. The first-order chi connectivity index (χ1) is 16.8. The molecule has 186 valence electrons. The van der Waals surface area contributed by atoms with E-state index in [1.54, 1.807) is 4.68 Å². The molecule has 2 fully saturated rings. The standard InChI is InChI=1S/C24H26F4N6S/c1-13-9-20(35-32-13)33-11-14-4-5-15(12-33)21(14)29-23-30-22-17(3-2-8-34(22)31-23)18-10-16(25)6-7-19(18)24(26,27)28/h6-7,9-10,14-15,17,21H,2-5,8,11-12H2,1H3,(H,29,31)/t14-,15+,17?,21?. The molecule has 2 unspecified atom stereocenters. The largest absolute Gasteiger partial charge is 0.416 e. The van der Waals surface area contributed by atoms with Gasteiger partial charge in [0.2, 0.25) is 5.95 Å². The topological polar surface area (TPSA) is 58.9 Å². The number of nitrogens with one attached hydrogen (secondary N) is 1. The maximum atomic E-state index is 14.0. The summed E-state index contributed by atoms with van der Waals surface area (Å²) in [5.74, 6) is 0.482. The van der Waals surface area contributed by atoms with Crippen molar-refractivity contribution in [2.24, 2.45) is 11.8 Å². The molecule has 1 aromatic carbocycles. The fraction of sp³-hybridized carbons (Fsp3) is 0.542. The van der Waals surface area contributed by atoms with Crippen LogP contribution in [0.1, 0.15) is 54.2 Å². The number of fused-ring (bicyclic) bond motifs is 3. The summed E-state index contributed by atoms with van der Waals surface area (Å²) < 4.78 is 61.2. The van der Waals surface area contributed by atoms with Crippen molar-refractivity contribution in [3.05, 3.63) is 52.7 Å². The first-order valence-corrected chi connectivity index (χ1v) is 12.8. The SMILES string of the molecule is Cc1cc(N2C[C@H]3CC[C@@H](C2)C3Nc2nc3n(n2)CCCC3c2cc(F)ccc2C(F)(F)F)sn1. The van der Waals surface area contributed by atoms with Crippen LogP contribution >= 0.6 is 11.5 Å². The molecule has 1 N–H and O–H groups in total. The molecule has 35 heavy (non-hydrogen) atoms. The molecule has 0 radical (unpaired) electrons. The van der Waals surface area contributed by atoms with E-state index in [4.69, 9.17) is 0 Å². The quantitative estimate of drug-likeness (QED) is 0.477. The number of hydrogen-bond acceptors (Lipinski definition) is 6. The lowest BCUT2D eigenvalue weighted by Crippen LogP contribution is -2.48.